The Bertz CT molecular complexity index is 648. The molecule has 0 saturated carbocycles. The highest BCUT2D eigenvalue weighted by Crippen LogP contribution is 2.44. The summed E-state index contributed by atoms with van der Waals surface area (Å²) >= 11 is 6.21. The van der Waals surface area contributed by atoms with Crippen LogP contribution in [0.2, 0.25) is 5.02 Å². The van der Waals surface area contributed by atoms with E-state index in [4.69, 9.17) is 16.3 Å². The summed E-state index contributed by atoms with van der Waals surface area (Å²) in [5.74, 6) is -0.850. The molecule has 0 spiro atoms. The summed E-state index contributed by atoms with van der Waals surface area (Å²) in [5, 5.41) is 3.32. The van der Waals surface area contributed by atoms with Crippen LogP contribution in [-0.2, 0) is 14.3 Å². The van der Waals surface area contributed by atoms with Gasteiger partial charge in [0.15, 0.2) is 0 Å². The third kappa shape index (κ3) is 1.91. The van der Waals surface area contributed by atoms with Crippen LogP contribution in [0, 0.1) is 0 Å². The molecular formula is C15H14ClNO3. The number of carbonyl (C=O) groups excluding carboxylic acids is 2. The van der Waals surface area contributed by atoms with Crippen LogP contribution in [0.5, 0.6) is 0 Å². The molecule has 1 N–H and O–H groups in total. The molecule has 1 aromatic rings. The Morgan fingerprint density at radius 3 is 2.70 bits per heavy atom. The van der Waals surface area contributed by atoms with Crippen molar-refractivity contribution >= 4 is 23.5 Å². The highest BCUT2D eigenvalue weighted by atomic mass is 35.5. The van der Waals surface area contributed by atoms with Gasteiger partial charge in [-0.2, -0.15) is 0 Å². The van der Waals surface area contributed by atoms with Crippen molar-refractivity contribution in [2.45, 2.75) is 31.8 Å². The van der Waals surface area contributed by atoms with Crippen LogP contribution in [0.1, 0.15) is 31.7 Å². The number of cyclic esters (lactones) is 1. The predicted octanol–water partition coefficient (Wildman–Crippen LogP) is 2.53. The Kier molecular flexibility index (Phi) is 2.87. The molecule has 1 atom stereocenters. The molecule has 20 heavy (non-hydrogen) atoms. The first-order valence-corrected chi connectivity index (χ1v) is 6.80. The lowest BCUT2D eigenvalue weighted by molar-refractivity contribution is -0.144. The van der Waals surface area contributed by atoms with E-state index < -0.39 is 5.60 Å². The molecule has 4 nitrogen and oxygen atoms in total. The number of rotatable bonds is 1. The highest BCUT2D eigenvalue weighted by Gasteiger charge is 2.47. The fourth-order valence-corrected chi connectivity index (χ4v) is 3.07. The summed E-state index contributed by atoms with van der Waals surface area (Å²) < 4.78 is 5.36. The Balaban J connectivity index is 2.16. The van der Waals surface area contributed by atoms with Crippen LogP contribution in [0.15, 0.2) is 35.5 Å². The lowest BCUT2D eigenvalue weighted by atomic mass is 9.83. The molecule has 0 bridgehead atoms. The fraction of sp³-hybridized carbons (Fsp3) is 0.333. The van der Waals surface area contributed by atoms with Gasteiger partial charge in [-0.05, 0) is 25.5 Å². The number of carbonyl (C=O) groups is 2. The first-order chi connectivity index (χ1) is 9.40. The zero-order chi connectivity index (χ0) is 14.5. The normalized spacial score (nSPS) is 24.2. The lowest BCUT2D eigenvalue weighted by Crippen LogP contribution is -2.38. The average Bonchev–Trinajstić information content (AvgIpc) is 2.59. The molecule has 1 aromatic carbocycles. The van der Waals surface area contributed by atoms with E-state index in [1.165, 1.54) is 0 Å². The maximum atomic E-state index is 12.2. The molecule has 0 saturated heterocycles. The van der Waals surface area contributed by atoms with Crippen molar-refractivity contribution in [1.29, 1.82) is 0 Å². The standard InChI is InChI=1S/C15H14ClNO3/c1-15(2)13-12(14(19)20-15)9(7-11(18)17-13)8-5-3-4-6-10(8)16/h3-6,9H,7H2,1-2H3,(H,17,18)/t9-/m0/s1. The summed E-state index contributed by atoms with van der Waals surface area (Å²) in [6.07, 6.45) is 0.202. The number of nitrogens with one attached hydrogen (secondary N) is 1. The Morgan fingerprint density at radius 2 is 2.00 bits per heavy atom. The van der Waals surface area contributed by atoms with Crippen molar-refractivity contribution < 1.29 is 14.3 Å². The number of amides is 1. The van der Waals surface area contributed by atoms with Gasteiger partial charge in [-0.15, -0.1) is 0 Å². The first kappa shape index (κ1) is 13.2. The van der Waals surface area contributed by atoms with Crippen molar-refractivity contribution in [2.24, 2.45) is 0 Å². The van der Waals surface area contributed by atoms with Gasteiger partial charge in [0.1, 0.15) is 5.60 Å². The Hall–Kier alpha value is -1.81. The first-order valence-electron chi connectivity index (χ1n) is 6.42. The van der Waals surface area contributed by atoms with Gasteiger partial charge in [0.25, 0.3) is 0 Å². The summed E-state index contributed by atoms with van der Waals surface area (Å²) in [7, 11) is 0. The summed E-state index contributed by atoms with van der Waals surface area (Å²) in [4.78, 5) is 24.1. The molecule has 104 valence electrons. The molecule has 3 rings (SSSR count). The molecule has 0 unspecified atom stereocenters. The van der Waals surface area contributed by atoms with E-state index >= 15 is 0 Å². The van der Waals surface area contributed by atoms with Crippen molar-refractivity contribution in [1.82, 2.24) is 5.32 Å². The van der Waals surface area contributed by atoms with Crippen LogP contribution < -0.4 is 5.32 Å². The highest BCUT2D eigenvalue weighted by molar-refractivity contribution is 6.31. The van der Waals surface area contributed by atoms with Crippen LogP contribution >= 0.6 is 11.6 Å². The van der Waals surface area contributed by atoms with Crippen LogP contribution in [-0.4, -0.2) is 17.5 Å². The van der Waals surface area contributed by atoms with Crippen molar-refractivity contribution in [3.05, 3.63) is 46.1 Å². The van der Waals surface area contributed by atoms with Gasteiger partial charge in [-0.3, -0.25) is 4.79 Å². The molecule has 0 fully saturated rings. The summed E-state index contributed by atoms with van der Waals surface area (Å²) in [6, 6.07) is 7.27. The van der Waals surface area contributed by atoms with Gasteiger partial charge in [0.05, 0.1) is 11.3 Å². The number of halogens is 1. The number of hydrogen-bond acceptors (Lipinski definition) is 3. The van der Waals surface area contributed by atoms with E-state index in [-0.39, 0.29) is 24.2 Å². The third-order valence-corrected chi connectivity index (χ3v) is 4.07. The quantitative estimate of drug-likeness (QED) is 0.809. The third-order valence-electron chi connectivity index (χ3n) is 3.72. The summed E-state index contributed by atoms with van der Waals surface area (Å²) in [5.41, 5.74) is 1.06. The van der Waals surface area contributed by atoms with E-state index in [1.54, 1.807) is 19.9 Å². The molecular weight excluding hydrogens is 278 g/mol. The SMILES string of the molecule is CC1(C)OC(=O)C2=C1NC(=O)C[C@H]2c1ccccc1Cl. The lowest BCUT2D eigenvalue weighted by Gasteiger charge is -2.27. The predicted molar refractivity (Wildman–Crippen MR) is 74.1 cm³/mol. The molecule has 2 heterocycles. The van der Waals surface area contributed by atoms with E-state index in [0.717, 1.165) is 5.56 Å². The monoisotopic (exact) mass is 291 g/mol. The number of benzene rings is 1. The summed E-state index contributed by atoms with van der Waals surface area (Å²) in [6.45, 7) is 3.53. The van der Waals surface area contributed by atoms with Gasteiger partial charge in [0.2, 0.25) is 5.91 Å². The molecule has 2 aliphatic rings. The van der Waals surface area contributed by atoms with Gasteiger partial charge in [-0.1, -0.05) is 29.8 Å². The maximum absolute atomic E-state index is 12.2. The molecule has 1 amide bonds. The number of ether oxygens (including phenoxy) is 1. The minimum Gasteiger partial charge on any atom is -0.450 e. The van der Waals surface area contributed by atoms with Crippen LogP contribution in [0.25, 0.3) is 0 Å². The zero-order valence-corrected chi connectivity index (χ0v) is 12.0. The van der Waals surface area contributed by atoms with Gasteiger partial charge in [-0.25, -0.2) is 4.79 Å². The number of esters is 1. The van der Waals surface area contributed by atoms with Crippen molar-refractivity contribution in [3.63, 3.8) is 0 Å². The second kappa shape index (κ2) is 4.35. The molecule has 0 aromatic heterocycles. The Morgan fingerprint density at radius 1 is 1.30 bits per heavy atom. The second-order valence-electron chi connectivity index (χ2n) is 5.51. The molecule has 5 heteroatoms. The molecule has 0 aliphatic carbocycles. The molecule has 2 aliphatic heterocycles. The average molecular weight is 292 g/mol. The van der Waals surface area contributed by atoms with E-state index in [2.05, 4.69) is 5.32 Å². The minimum atomic E-state index is -0.804. The van der Waals surface area contributed by atoms with Crippen molar-refractivity contribution in [3.8, 4) is 0 Å². The van der Waals surface area contributed by atoms with Crippen LogP contribution in [0.3, 0.4) is 0 Å². The smallest absolute Gasteiger partial charge is 0.337 e. The zero-order valence-electron chi connectivity index (χ0n) is 11.2. The van der Waals surface area contributed by atoms with Crippen molar-refractivity contribution in [2.75, 3.05) is 0 Å². The van der Waals surface area contributed by atoms with E-state index in [9.17, 15) is 9.59 Å². The minimum absolute atomic E-state index is 0.125. The van der Waals surface area contributed by atoms with Gasteiger partial charge < -0.3 is 10.1 Å². The maximum Gasteiger partial charge on any atom is 0.337 e. The second-order valence-corrected chi connectivity index (χ2v) is 5.92. The fourth-order valence-electron chi connectivity index (χ4n) is 2.80. The molecule has 0 radical (unpaired) electrons. The topological polar surface area (TPSA) is 55.4 Å². The van der Waals surface area contributed by atoms with E-state index in [0.29, 0.717) is 16.3 Å². The van der Waals surface area contributed by atoms with Gasteiger partial charge >= 0.3 is 5.97 Å². The van der Waals surface area contributed by atoms with Gasteiger partial charge in [0, 0.05) is 17.4 Å². The van der Waals surface area contributed by atoms with Crippen LogP contribution in [0.4, 0.5) is 0 Å². The Labute approximate surface area is 121 Å². The number of hydrogen-bond donors (Lipinski definition) is 1. The largest absolute Gasteiger partial charge is 0.450 e. The van der Waals surface area contributed by atoms with E-state index in [1.807, 2.05) is 18.2 Å².